The molecular formula is C26H29N5O2. The van der Waals surface area contributed by atoms with Crippen molar-refractivity contribution in [1.82, 2.24) is 20.2 Å². The van der Waals surface area contributed by atoms with E-state index < -0.39 is 0 Å². The number of nitrogens with zero attached hydrogens (tertiary/aromatic N) is 4. The number of benzene rings is 2. The summed E-state index contributed by atoms with van der Waals surface area (Å²) in [5.41, 5.74) is 4.81. The van der Waals surface area contributed by atoms with Gasteiger partial charge < -0.3 is 15.1 Å². The van der Waals surface area contributed by atoms with Gasteiger partial charge in [0.1, 0.15) is 12.1 Å². The third kappa shape index (κ3) is 5.55. The smallest absolute Gasteiger partial charge is 0.253 e. The van der Waals surface area contributed by atoms with E-state index in [-0.39, 0.29) is 17.9 Å². The fraction of sp³-hybridized carbons (Fsp3) is 0.308. The van der Waals surface area contributed by atoms with Crippen LogP contribution in [0.4, 0.5) is 11.5 Å². The maximum absolute atomic E-state index is 13.0. The lowest BCUT2D eigenvalue weighted by molar-refractivity contribution is -0.119. The number of aryl methyl sites for hydroxylation is 1. The molecule has 2 aromatic carbocycles. The highest BCUT2D eigenvalue weighted by Crippen LogP contribution is 2.23. The van der Waals surface area contributed by atoms with Gasteiger partial charge in [-0.2, -0.15) is 0 Å². The highest BCUT2D eigenvalue weighted by Gasteiger charge is 2.27. The Kier molecular flexibility index (Phi) is 6.68. The van der Waals surface area contributed by atoms with Crippen molar-refractivity contribution < 1.29 is 9.59 Å². The number of aromatic nitrogens is 2. The van der Waals surface area contributed by atoms with Gasteiger partial charge in [-0.1, -0.05) is 24.3 Å². The molecule has 170 valence electrons. The van der Waals surface area contributed by atoms with Crippen LogP contribution in [0.25, 0.3) is 0 Å². The summed E-state index contributed by atoms with van der Waals surface area (Å²) < 4.78 is 0. The highest BCUT2D eigenvalue weighted by atomic mass is 16.2. The third-order valence-corrected chi connectivity index (χ3v) is 5.88. The number of rotatable bonds is 6. The summed E-state index contributed by atoms with van der Waals surface area (Å²) in [6.45, 7) is 4.77. The van der Waals surface area contributed by atoms with E-state index in [1.165, 1.54) is 12.5 Å². The molecule has 7 nitrogen and oxygen atoms in total. The average molecular weight is 444 g/mol. The van der Waals surface area contributed by atoms with Crippen LogP contribution in [0.15, 0.2) is 60.9 Å². The predicted octanol–water partition coefficient (Wildman–Crippen LogP) is 3.49. The second-order valence-corrected chi connectivity index (χ2v) is 8.58. The van der Waals surface area contributed by atoms with Crippen molar-refractivity contribution in [1.29, 1.82) is 0 Å². The van der Waals surface area contributed by atoms with Gasteiger partial charge in [0.25, 0.3) is 5.91 Å². The van der Waals surface area contributed by atoms with E-state index in [0.29, 0.717) is 25.1 Å². The predicted molar refractivity (Wildman–Crippen MR) is 129 cm³/mol. The topological polar surface area (TPSA) is 78.4 Å². The van der Waals surface area contributed by atoms with Crippen LogP contribution in [0.5, 0.6) is 0 Å². The highest BCUT2D eigenvalue weighted by molar-refractivity contribution is 5.94. The molecule has 0 bridgehead atoms. The molecule has 1 N–H and O–H groups in total. The van der Waals surface area contributed by atoms with Gasteiger partial charge in [-0.05, 0) is 48.7 Å². The number of carbonyl (C=O) groups excluding carboxylic acids is 2. The first-order chi connectivity index (χ1) is 15.9. The molecule has 33 heavy (non-hydrogen) atoms. The lowest BCUT2D eigenvalue weighted by Gasteiger charge is -2.19. The number of nitrogens with one attached hydrogen (secondary N) is 1. The SMILES string of the molecule is CC(=O)N[C@@H]1CCN(C(=O)c2cccc(Cc3cc(N(C)c4cccc(C)c4)ncn3)c2)C1. The minimum absolute atomic E-state index is 0.00717. The Morgan fingerprint density at radius 1 is 1.12 bits per heavy atom. The summed E-state index contributed by atoms with van der Waals surface area (Å²) in [6.07, 6.45) is 2.97. The van der Waals surface area contributed by atoms with Gasteiger partial charge in [-0.25, -0.2) is 9.97 Å². The zero-order valence-corrected chi connectivity index (χ0v) is 19.3. The average Bonchev–Trinajstić information content (AvgIpc) is 3.26. The molecule has 0 unspecified atom stereocenters. The van der Waals surface area contributed by atoms with Crippen LogP contribution in [0.3, 0.4) is 0 Å². The zero-order chi connectivity index (χ0) is 23.4. The molecule has 1 saturated heterocycles. The molecule has 0 aliphatic carbocycles. The molecule has 1 fully saturated rings. The van der Waals surface area contributed by atoms with Gasteiger partial charge in [0.15, 0.2) is 0 Å². The van der Waals surface area contributed by atoms with Crippen molar-refractivity contribution in [3.05, 3.63) is 83.3 Å². The van der Waals surface area contributed by atoms with E-state index in [1.807, 2.05) is 48.3 Å². The van der Waals surface area contributed by atoms with E-state index in [2.05, 4.69) is 40.4 Å². The van der Waals surface area contributed by atoms with E-state index >= 15 is 0 Å². The van der Waals surface area contributed by atoms with Crippen LogP contribution >= 0.6 is 0 Å². The van der Waals surface area contributed by atoms with Gasteiger partial charge >= 0.3 is 0 Å². The molecule has 2 heterocycles. The molecule has 1 aromatic heterocycles. The molecule has 0 saturated carbocycles. The fourth-order valence-corrected chi connectivity index (χ4v) is 4.19. The molecule has 0 radical (unpaired) electrons. The molecule has 1 aliphatic rings. The van der Waals surface area contributed by atoms with Gasteiger partial charge in [0, 0.05) is 56.8 Å². The van der Waals surface area contributed by atoms with Gasteiger partial charge in [0.05, 0.1) is 5.69 Å². The minimum atomic E-state index is -0.0615. The van der Waals surface area contributed by atoms with Crippen molar-refractivity contribution >= 4 is 23.3 Å². The normalized spacial score (nSPS) is 15.4. The van der Waals surface area contributed by atoms with Crippen LogP contribution in [-0.2, 0) is 11.2 Å². The Hall–Kier alpha value is -3.74. The van der Waals surface area contributed by atoms with E-state index in [0.717, 1.165) is 29.2 Å². The summed E-state index contributed by atoms with van der Waals surface area (Å²) in [5, 5.41) is 2.90. The Bertz CT molecular complexity index is 1160. The first-order valence-corrected chi connectivity index (χ1v) is 11.2. The number of hydrogen-bond acceptors (Lipinski definition) is 5. The summed E-state index contributed by atoms with van der Waals surface area (Å²) in [6, 6.07) is 18.0. The van der Waals surface area contributed by atoms with Crippen molar-refractivity contribution in [3.63, 3.8) is 0 Å². The summed E-state index contributed by atoms with van der Waals surface area (Å²) in [4.78, 5) is 37.0. The van der Waals surface area contributed by atoms with Crippen molar-refractivity contribution in [3.8, 4) is 0 Å². The summed E-state index contributed by atoms with van der Waals surface area (Å²) in [5.74, 6) is 0.750. The quantitative estimate of drug-likeness (QED) is 0.631. The molecule has 1 atom stereocenters. The number of hydrogen-bond donors (Lipinski definition) is 1. The number of amides is 2. The van der Waals surface area contributed by atoms with Crippen LogP contribution in [0.2, 0.25) is 0 Å². The van der Waals surface area contributed by atoms with E-state index in [1.54, 1.807) is 11.2 Å². The van der Waals surface area contributed by atoms with Gasteiger partial charge in [0.2, 0.25) is 5.91 Å². The molecule has 4 rings (SSSR count). The Morgan fingerprint density at radius 3 is 2.73 bits per heavy atom. The lowest BCUT2D eigenvalue weighted by Crippen LogP contribution is -2.37. The molecule has 0 spiro atoms. The molecule has 7 heteroatoms. The Balaban J connectivity index is 1.46. The van der Waals surface area contributed by atoms with E-state index in [4.69, 9.17) is 0 Å². The zero-order valence-electron chi connectivity index (χ0n) is 19.3. The largest absolute Gasteiger partial charge is 0.352 e. The number of anilines is 2. The molecular weight excluding hydrogens is 414 g/mol. The summed E-state index contributed by atoms with van der Waals surface area (Å²) >= 11 is 0. The minimum Gasteiger partial charge on any atom is -0.352 e. The first kappa shape index (κ1) is 22.5. The van der Waals surface area contributed by atoms with Gasteiger partial charge in [-0.15, -0.1) is 0 Å². The van der Waals surface area contributed by atoms with E-state index in [9.17, 15) is 9.59 Å². The van der Waals surface area contributed by atoms with Crippen LogP contribution in [-0.4, -0.2) is 52.9 Å². The van der Waals surface area contributed by atoms with Crippen LogP contribution in [0.1, 0.15) is 40.5 Å². The second-order valence-electron chi connectivity index (χ2n) is 8.58. The summed E-state index contributed by atoms with van der Waals surface area (Å²) in [7, 11) is 1.99. The van der Waals surface area contributed by atoms with Crippen molar-refractivity contribution in [2.45, 2.75) is 32.7 Å². The molecule has 1 aliphatic heterocycles. The standard InChI is InChI=1S/C26H29N5O2/c1-18-6-4-9-24(12-18)30(3)25-15-23(27-17-28-25)14-20-7-5-8-21(13-20)26(33)31-11-10-22(16-31)29-19(2)32/h4-9,12-13,15,17,22H,10-11,14,16H2,1-3H3,(H,29,32)/t22-/m1/s1. The monoisotopic (exact) mass is 443 g/mol. The van der Waals surface area contributed by atoms with Crippen molar-refractivity contribution in [2.24, 2.45) is 0 Å². The third-order valence-electron chi connectivity index (χ3n) is 5.88. The fourth-order valence-electron chi connectivity index (χ4n) is 4.19. The van der Waals surface area contributed by atoms with Gasteiger partial charge in [-0.3, -0.25) is 9.59 Å². The van der Waals surface area contributed by atoms with Crippen LogP contribution < -0.4 is 10.2 Å². The maximum atomic E-state index is 13.0. The number of likely N-dealkylation sites (tertiary alicyclic amines) is 1. The molecule has 3 aromatic rings. The van der Waals surface area contributed by atoms with Crippen molar-refractivity contribution in [2.75, 3.05) is 25.0 Å². The number of carbonyl (C=O) groups is 2. The van der Waals surface area contributed by atoms with Crippen LogP contribution in [0, 0.1) is 6.92 Å². The Morgan fingerprint density at radius 2 is 1.94 bits per heavy atom. The second kappa shape index (κ2) is 9.81. The molecule has 2 amide bonds. The Labute approximate surface area is 194 Å². The lowest BCUT2D eigenvalue weighted by atomic mass is 10.1. The maximum Gasteiger partial charge on any atom is 0.253 e. The first-order valence-electron chi connectivity index (χ1n) is 11.2.